The van der Waals surface area contributed by atoms with Gasteiger partial charge in [0.15, 0.2) is 0 Å². The molecular formula is C26H27N5O. The van der Waals surface area contributed by atoms with E-state index in [9.17, 15) is 4.79 Å². The fourth-order valence-electron chi connectivity index (χ4n) is 4.17. The molecule has 0 radical (unpaired) electrons. The van der Waals surface area contributed by atoms with Crippen molar-refractivity contribution in [2.24, 2.45) is 0 Å². The molecule has 0 spiro atoms. The highest BCUT2D eigenvalue weighted by molar-refractivity contribution is 6.04. The van der Waals surface area contributed by atoms with Crippen molar-refractivity contribution in [3.05, 3.63) is 90.0 Å². The lowest BCUT2D eigenvalue weighted by Gasteiger charge is -2.21. The van der Waals surface area contributed by atoms with Gasteiger partial charge in [0, 0.05) is 44.0 Å². The number of nitrogens with zero attached hydrogens (tertiary/aromatic N) is 3. The molecule has 1 saturated heterocycles. The Hall–Kier alpha value is -3.64. The van der Waals surface area contributed by atoms with Crippen molar-refractivity contribution in [1.82, 2.24) is 14.9 Å². The lowest BCUT2D eigenvalue weighted by atomic mass is 10.1. The number of hydrogen-bond donors (Lipinski definition) is 2. The maximum Gasteiger partial charge on any atom is 0.255 e. The van der Waals surface area contributed by atoms with E-state index in [-0.39, 0.29) is 5.91 Å². The Balaban J connectivity index is 1.18. The summed E-state index contributed by atoms with van der Waals surface area (Å²) in [6, 6.07) is 25.6. The zero-order chi connectivity index (χ0) is 21.8. The van der Waals surface area contributed by atoms with Crippen LogP contribution < -0.4 is 10.2 Å². The average molecular weight is 426 g/mol. The van der Waals surface area contributed by atoms with Gasteiger partial charge in [-0.05, 0) is 48.4 Å². The first-order valence-electron chi connectivity index (χ1n) is 11.1. The third kappa shape index (κ3) is 4.65. The fourth-order valence-corrected chi connectivity index (χ4v) is 4.17. The summed E-state index contributed by atoms with van der Waals surface area (Å²) in [6.07, 6.45) is 1.09. The van der Waals surface area contributed by atoms with Gasteiger partial charge in [0.25, 0.3) is 5.91 Å². The second-order valence-electron chi connectivity index (χ2n) is 8.21. The van der Waals surface area contributed by atoms with Crippen molar-refractivity contribution in [2.45, 2.75) is 13.0 Å². The number of amides is 1. The molecule has 1 aromatic heterocycles. The van der Waals surface area contributed by atoms with Gasteiger partial charge in [-0.3, -0.25) is 9.69 Å². The van der Waals surface area contributed by atoms with E-state index in [2.05, 4.69) is 38.3 Å². The Bertz CT molecular complexity index is 1150. The maximum atomic E-state index is 12.5. The number of imidazole rings is 1. The molecule has 2 heterocycles. The molecule has 1 amide bonds. The number of para-hydroxylation sites is 3. The molecule has 32 heavy (non-hydrogen) atoms. The first-order valence-corrected chi connectivity index (χ1v) is 11.1. The van der Waals surface area contributed by atoms with E-state index in [0.717, 1.165) is 61.8 Å². The van der Waals surface area contributed by atoms with Gasteiger partial charge in [-0.25, -0.2) is 4.98 Å². The summed E-state index contributed by atoms with van der Waals surface area (Å²) < 4.78 is 0. The first-order chi connectivity index (χ1) is 15.7. The highest BCUT2D eigenvalue weighted by Crippen LogP contribution is 2.19. The van der Waals surface area contributed by atoms with Gasteiger partial charge in [0.1, 0.15) is 0 Å². The number of nitrogens with one attached hydrogen (secondary N) is 2. The molecule has 162 valence electrons. The summed E-state index contributed by atoms with van der Waals surface area (Å²) in [7, 11) is 0. The SMILES string of the molecule is O=C(Nc1ccccc1)c1ccc(CN2CCCN(c3nc4ccccc4[nH]3)CC2)cc1. The van der Waals surface area contributed by atoms with E-state index in [1.54, 1.807) is 0 Å². The van der Waals surface area contributed by atoms with Crippen LogP contribution in [0.15, 0.2) is 78.9 Å². The van der Waals surface area contributed by atoms with Crippen molar-refractivity contribution < 1.29 is 4.79 Å². The van der Waals surface area contributed by atoms with Crippen LogP contribution in [0.2, 0.25) is 0 Å². The second kappa shape index (κ2) is 9.24. The van der Waals surface area contributed by atoms with E-state index >= 15 is 0 Å². The van der Waals surface area contributed by atoms with Crippen molar-refractivity contribution in [1.29, 1.82) is 0 Å². The van der Waals surface area contributed by atoms with Crippen LogP contribution in [0.4, 0.5) is 11.6 Å². The standard InChI is InChI=1S/C26H27N5O/c32-25(27-22-7-2-1-3-8-22)21-13-11-20(12-14-21)19-30-15-6-16-31(18-17-30)26-28-23-9-4-5-10-24(23)29-26/h1-5,7-14H,6,15-19H2,(H,27,32)(H,28,29). The third-order valence-corrected chi connectivity index (χ3v) is 5.92. The Labute approximate surface area is 187 Å². The van der Waals surface area contributed by atoms with Gasteiger partial charge in [-0.15, -0.1) is 0 Å². The number of fused-ring (bicyclic) bond motifs is 1. The van der Waals surface area contributed by atoms with E-state index in [1.165, 1.54) is 5.56 Å². The first kappa shape index (κ1) is 20.3. The maximum absolute atomic E-state index is 12.5. The smallest absolute Gasteiger partial charge is 0.255 e. The number of rotatable bonds is 5. The van der Waals surface area contributed by atoms with Gasteiger partial charge in [-0.2, -0.15) is 0 Å². The van der Waals surface area contributed by atoms with E-state index in [1.807, 2.05) is 60.7 Å². The zero-order valence-corrected chi connectivity index (χ0v) is 18.0. The summed E-state index contributed by atoms with van der Waals surface area (Å²) >= 11 is 0. The minimum Gasteiger partial charge on any atom is -0.341 e. The third-order valence-electron chi connectivity index (χ3n) is 5.92. The van der Waals surface area contributed by atoms with E-state index < -0.39 is 0 Å². The number of carbonyl (C=O) groups is 1. The van der Waals surface area contributed by atoms with Crippen LogP contribution >= 0.6 is 0 Å². The summed E-state index contributed by atoms with van der Waals surface area (Å²) in [4.78, 5) is 25.5. The Morgan fingerprint density at radius 1 is 0.875 bits per heavy atom. The summed E-state index contributed by atoms with van der Waals surface area (Å²) in [5.74, 6) is 0.876. The van der Waals surface area contributed by atoms with Crippen molar-refractivity contribution in [2.75, 3.05) is 36.4 Å². The van der Waals surface area contributed by atoms with Crippen molar-refractivity contribution in [3.8, 4) is 0 Å². The highest BCUT2D eigenvalue weighted by Gasteiger charge is 2.18. The van der Waals surface area contributed by atoms with Crippen LogP contribution in [0.25, 0.3) is 11.0 Å². The molecule has 5 rings (SSSR count). The molecule has 0 saturated carbocycles. The fraction of sp³-hybridized carbons (Fsp3) is 0.231. The number of carbonyl (C=O) groups excluding carboxylic acids is 1. The molecule has 0 bridgehead atoms. The summed E-state index contributed by atoms with van der Waals surface area (Å²) in [6.45, 7) is 4.85. The molecule has 2 N–H and O–H groups in total. The lowest BCUT2D eigenvalue weighted by molar-refractivity contribution is 0.102. The lowest BCUT2D eigenvalue weighted by Crippen LogP contribution is -2.31. The molecule has 1 aliphatic heterocycles. The van der Waals surface area contributed by atoms with Crippen LogP contribution in [0.1, 0.15) is 22.3 Å². The molecule has 0 atom stereocenters. The Kier molecular flexibility index (Phi) is 5.85. The molecule has 3 aromatic carbocycles. The van der Waals surface area contributed by atoms with Crippen LogP contribution in [-0.4, -0.2) is 47.0 Å². The molecular weight excluding hydrogens is 398 g/mol. The molecule has 4 aromatic rings. The summed E-state index contributed by atoms with van der Waals surface area (Å²) in [5, 5.41) is 2.93. The van der Waals surface area contributed by atoms with Crippen molar-refractivity contribution in [3.63, 3.8) is 0 Å². The molecule has 0 unspecified atom stereocenters. The molecule has 6 heteroatoms. The molecule has 0 aliphatic carbocycles. The normalized spacial score (nSPS) is 14.9. The monoisotopic (exact) mass is 425 g/mol. The largest absolute Gasteiger partial charge is 0.341 e. The van der Waals surface area contributed by atoms with E-state index in [0.29, 0.717) is 5.56 Å². The predicted octanol–water partition coefficient (Wildman–Crippen LogP) is 4.53. The summed E-state index contributed by atoms with van der Waals surface area (Å²) in [5.41, 5.74) is 4.79. The molecule has 6 nitrogen and oxygen atoms in total. The van der Waals surface area contributed by atoms with Gasteiger partial charge in [0.2, 0.25) is 5.95 Å². The Morgan fingerprint density at radius 2 is 1.66 bits per heavy atom. The Morgan fingerprint density at radius 3 is 2.47 bits per heavy atom. The average Bonchev–Trinajstić information content (AvgIpc) is 3.13. The topological polar surface area (TPSA) is 64.3 Å². The van der Waals surface area contributed by atoms with Crippen LogP contribution in [-0.2, 0) is 6.54 Å². The quantitative estimate of drug-likeness (QED) is 0.493. The van der Waals surface area contributed by atoms with Gasteiger partial charge in [0.05, 0.1) is 11.0 Å². The van der Waals surface area contributed by atoms with Crippen LogP contribution in [0, 0.1) is 0 Å². The van der Waals surface area contributed by atoms with Crippen molar-refractivity contribution >= 4 is 28.6 Å². The van der Waals surface area contributed by atoms with Gasteiger partial charge >= 0.3 is 0 Å². The number of H-pyrrole nitrogens is 1. The second-order valence-corrected chi connectivity index (χ2v) is 8.21. The zero-order valence-electron chi connectivity index (χ0n) is 18.0. The number of hydrogen-bond acceptors (Lipinski definition) is 4. The minimum absolute atomic E-state index is 0.0843. The van der Waals surface area contributed by atoms with Gasteiger partial charge < -0.3 is 15.2 Å². The minimum atomic E-state index is -0.0843. The predicted molar refractivity (Wildman–Crippen MR) is 129 cm³/mol. The number of anilines is 2. The highest BCUT2D eigenvalue weighted by atomic mass is 16.1. The number of aromatic amines is 1. The van der Waals surface area contributed by atoms with Crippen LogP contribution in [0.5, 0.6) is 0 Å². The molecule has 1 aliphatic rings. The molecule has 1 fully saturated rings. The van der Waals surface area contributed by atoms with Crippen LogP contribution in [0.3, 0.4) is 0 Å². The van der Waals surface area contributed by atoms with E-state index in [4.69, 9.17) is 4.98 Å². The number of aromatic nitrogens is 2. The number of benzene rings is 3. The van der Waals surface area contributed by atoms with Gasteiger partial charge in [-0.1, -0.05) is 42.5 Å².